The van der Waals surface area contributed by atoms with Crippen LogP contribution in [0, 0.1) is 27.7 Å². The number of methoxy groups -OCH3 is 2. The van der Waals surface area contributed by atoms with E-state index in [1.807, 2.05) is 0 Å². The van der Waals surface area contributed by atoms with Gasteiger partial charge in [-0.15, -0.1) is 12.4 Å². The monoisotopic (exact) mass is 493 g/mol. The van der Waals surface area contributed by atoms with E-state index >= 15 is 0 Å². The summed E-state index contributed by atoms with van der Waals surface area (Å²) in [6, 6.07) is 13.2. The van der Waals surface area contributed by atoms with Crippen molar-refractivity contribution in [1.82, 2.24) is 0 Å². The van der Waals surface area contributed by atoms with Crippen LogP contribution < -0.4 is 19.1 Å². The Kier molecular flexibility index (Phi) is 6.48. The van der Waals surface area contributed by atoms with Crippen molar-refractivity contribution in [2.75, 3.05) is 19.1 Å². The van der Waals surface area contributed by atoms with Gasteiger partial charge in [0.25, 0.3) is 0 Å². The fourth-order valence-electron chi connectivity index (χ4n) is 5.96. The maximum Gasteiger partial charge on any atom is 0.161 e. The summed E-state index contributed by atoms with van der Waals surface area (Å²) in [6.07, 6.45) is 0. The highest BCUT2D eigenvalue weighted by atomic mass is 35.5. The van der Waals surface area contributed by atoms with Gasteiger partial charge in [-0.1, -0.05) is 29.8 Å². The lowest BCUT2D eigenvalue weighted by molar-refractivity contribution is 0.121. The molecular formula is C30H36ClNO3. The van der Waals surface area contributed by atoms with E-state index in [4.69, 9.17) is 14.2 Å². The first-order chi connectivity index (χ1) is 16.2. The van der Waals surface area contributed by atoms with E-state index in [0.717, 1.165) is 30.3 Å². The van der Waals surface area contributed by atoms with Crippen molar-refractivity contribution in [2.24, 2.45) is 0 Å². The first kappa shape index (κ1) is 25.2. The summed E-state index contributed by atoms with van der Waals surface area (Å²) >= 11 is 0. The lowest BCUT2D eigenvalue weighted by Gasteiger charge is -2.28. The molecule has 35 heavy (non-hydrogen) atoms. The molecule has 186 valence electrons. The summed E-state index contributed by atoms with van der Waals surface area (Å²) in [5, 5.41) is 0. The van der Waals surface area contributed by atoms with Crippen molar-refractivity contribution in [3.05, 3.63) is 80.9 Å². The average molecular weight is 494 g/mol. The Morgan fingerprint density at radius 1 is 0.829 bits per heavy atom. The zero-order valence-electron chi connectivity index (χ0n) is 22.0. The van der Waals surface area contributed by atoms with Gasteiger partial charge in [-0.25, -0.2) is 0 Å². The second kappa shape index (κ2) is 8.98. The van der Waals surface area contributed by atoms with Gasteiger partial charge in [0.1, 0.15) is 11.4 Å². The highest BCUT2D eigenvalue weighted by Gasteiger charge is 2.45. The van der Waals surface area contributed by atoms with Crippen LogP contribution in [0.15, 0.2) is 36.4 Å². The molecule has 0 saturated carbocycles. The van der Waals surface area contributed by atoms with Gasteiger partial charge in [-0.2, -0.15) is 0 Å². The smallest absolute Gasteiger partial charge is 0.161 e. The zero-order chi connectivity index (χ0) is 24.4. The van der Waals surface area contributed by atoms with Crippen LogP contribution in [0.1, 0.15) is 64.3 Å². The summed E-state index contributed by atoms with van der Waals surface area (Å²) in [7, 11) is 3.39. The molecule has 0 saturated heterocycles. The number of aryl methyl sites for hydroxylation is 1. The van der Waals surface area contributed by atoms with Crippen LogP contribution in [0.25, 0.3) is 0 Å². The first-order valence-corrected chi connectivity index (χ1v) is 12.0. The Bertz CT molecular complexity index is 1250. The quantitative estimate of drug-likeness (QED) is 0.385. The molecule has 3 aromatic rings. The van der Waals surface area contributed by atoms with Crippen molar-refractivity contribution in [3.8, 4) is 17.2 Å². The van der Waals surface area contributed by atoms with Crippen LogP contribution in [-0.2, 0) is 13.1 Å². The molecule has 0 aliphatic carbocycles. The minimum absolute atomic E-state index is 0. The van der Waals surface area contributed by atoms with E-state index in [1.54, 1.807) is 14.2 Å². The lowest BCUT2D eigenvalue weighted by atomic mass is 9.78. The number of halogens is 1. The number of hydrogen-bond donors (Lipinski definition) is 0. The number of rotatable bonds is 4. The predicted octanol–water partition coefficient (Wildman–Crippen LogP) is 7.18. The Hall–Kier alpha value is -2.85. The number of nitrogens with zero attached hydrogens (tertiary/aromatic N) is 1. The van der Waals surface area contributed by atoms with Gasteiger partial charge in [0.2, 0.25) is 0 Å². The fraction of sp³-hybridized carbons (Fsp3) is 0.400. The summed E-state index contributed by atoms with van der Waals surface area (Å²) < 4.78 is 17.8. The Morgan fingerprint density at radius 3 is 1.89 bits per heavy atom. The highest BCUT2D eigenvalue weighted by Crippen LogP contribution is 2.54. The van der Waals surface area contributed by atoms with E-state index in [2.05, 4.69) is 82.8 Å². The lowest BCUT2D eigenvalue weighted by Crippen LogP contribution is -2.31. The van der Waals surface area contributed by atoms with Crippen molar-refractivity contribution in [2.45, 2.75) is 66.2 Å². The van der Waals surface area contributed by atoms with Crippen molar-refractivity contribution >= 4 is 18.1 Å². The van der Waals surface area contributed by atoms with Crippen LogP contribution in [0.2, 0.25) is 0 Å². The molecule has 1 atom stereocenters. The minimum atomic E-state index is -0.313. The molecule has 2 aliphatic heterocycles. The maximum atomic E-state index is 6.67. The number of anilines is 1. The van der Waals surface area contributed by atoms with Gasteiger partial charge in [0.15, 0.2) is 11.5 Å². The van der Waals surface area contributed by atoms with Gasteiger partial charge >= 0.3 is 0 Å². The van der Waals surface area contributed by atoms with E-state index in [0.29, 0.717) is 0 Å². The molecule has 0 N–H and O–H groups in total. The summed E-state index contributed by atoms with van der Waals surface area (Å²) in [4.78, 5) is 2.50. The summed E-state index contributed by atoms with van der Waals surface area (Å²) in [6.45, 7) is 15.0. The molecule has 4 nitrogen and oxygen atoms in total. The van der Waals surface area contributed by atoms with E-state index in [-0.39, 0.29) is 23.9 Å². The molecule has 0 amide bonds. The van der Waals surface area contributed by atoms with Gasteiger partial charge in [0, 0.05) is 24.3 Å². The van der Waals surface area contributed by atoms with Gasteiger partial charge < -0.3 is 19.1 Å². The van der Waals surface area contributed by atoms with E-state index < -0.39 is 0 Å². The maximum absolute atomic E-state index is 6.67. The Balaban J connectivity index is 0.00000289. The normalized spacial score (nSPS) is 17.4. The molecule has 5 rings (SSSR count). The van der Waals surface area contributed by atoms with Crippen LogP contribution in [0.5, 0.6) is 17.2 Å². The standard InChI is InChI=1S/C30H35NO3.ClH/c1-17-9-11-21(12-10-17)27-26-20(4)28(18(2)19(3)29(26)34-30(27,5)6)31-15-22-13-24(32-7)25(33-8)14-23(22)16-31;/h9-14,27H,15-16H2,1-8H3;1H. The predicted molar refractivity (Wildman–Crippen MR) is 145 cm³/mol. The molecule has 0 bridgehead atoms. The van der Waals surface area contributed by atoms with Crippen molar-refractivity contribution < 1.29 is 14.2 Å². The van der Waals surface area contributed by atoms with Crippen molar-refractivity contribution in [1.29, 1.82) is 0 Å². The van der Waals surface area contributed by atoms with Crippen LogP contribution in [0.4, 0.5) is 5.69 Å². The van der Waals surface area contributed by atoms with Crippen LogP contribution in [0.3, 0.4) is 0 Å². The van der Waals surface area contributed by atoms with Gasteiger partial charge in [0.05, 0.1) is 20.1 Å². The second-order valence-corrected chi connectivity index (χ2v) is 10.3. The molecule has 3 aromatic carbocycles. The van der Waals surface area contributed by atoms with Crippen LogP contribution in [-0.4, -0.2) is 19.8 Å². The molecule has 0 fully saturated rings. The average Bonchev–Trinajstić information content (AvgIpc) is 3.34. The van der Waals surface area contributed by atoms with E-state index in [9.17, 15) is 0 Å². The number of fused-ring (bicyclic) bond motifs is 2. The first-order valence-electron chi connectivity index (χ1n) is 12.0. The third-order valence-electron chi connectivity index (χ3n) is 7.77. The molecular weight excluding hydrogens is 458 g/mol. The molecule has 0 aromatic heterocycles. The molecule has 1 unspecified atom stereocenters. The fourth-order valence-corrected chi connectivity index (χ4v) is 5.96. The van der Waals surface area contributed by atoms with Crippen molar-refractivity contribution in [3.63, 3.8) is 0 Å². The topological polar surface area (TPSA) is 30.9 Å². The summed E-state index contributed by atoms with van der Waals surface area (Å²) in [5.41, 5.74) is 11.4. The molecule has 5 heteroatoms. The minimum Gasteiger partial charge on any atom is -0.493 e. The number of ether oxygens (including phenoxy) is 3. The molecule has 0 spiro atoms. The number of benzene rings is 3. The molecule has 2 aliphatic rings. The molecule has 0 radical (unpaired) electrons. The van der Waals surface area contributed by atoms with Gasteiger partial charge in [-0.3, -0.25) is 0 Å². The van der Waals surface area contributed by atoms with Crippen LogP contribution >= 0.6 is 12.4 Å². The third kappa shape index (κ3) is 3.92. The molecule has 2 heterocycles. The Labute approximate surface area is 215 Å². The highest BCUT2D eigenvalue weighted by molar-refractivity contribution is 5.85. The van der Waals surface area contributed by atoms with Gasteiger partial charge in [-0.05, 0) is 87.1 Å². The second-order valence-electron chi connectivity index (χ2n) is 10.3. The third-order valence-corrected chi connectivity index (χ3v) is 7.77. The summed E-state index contributed by atoms with van der Waals surface area (Å²) in [5.74, 6) is 2.83. The Morgan fingerprint density at radius 2 is 1.37 bits per heavy atom. The van der Waals surface area contributed by atoms with E-state index in [1.165, 1.54) is 50.2 Å². The number of hydrogen-bond acceptors (Lipinski definition) is 4. The zero-order valence-corrected chi connectivity index (χ0v) is 22.9. The SMILES string of the molecule is COc1cc2c(cc1OC)CN(c1c(C)c(C)c3c(c1C)C(c1ccc(C)cc1)C(C)(C)O3)C2.Cl. The largest absolute Gasteiger partial charge is 0.493 e.